The Bertz CT molecular complexity index is 491. The molecule has 0 aliphatic carbocycles. The third-order valence-electron chi connectivity index (χ3n) is 3.60. The van der Waals surface area contributed by atoms with E-state index in [4.69, 9.17) is 10.5 Å². The van der Waals surface area contributed by atoms with E-state index in [0.29, 0.717) is 30.4 Å². The minimum Gasteiger partial charge on any atom is -0.382 e. The van der Waals surface area contributed by atoms with Crippen LogP contribution in [0.3, 0.4) is 0 Å². The fourth-order valence-electron chi connectivity index (χ4n) is 2.36. The van der Waals surface area contributed by atoms with Gasteiger partial charge in [0.05, 0.1) is 12.7 Å². The summed E-state index contributed by atoms with van der Waals surface area (Å²) in [7, 11) is 1.97. The first-order chi connectivity index (χ1) is 10.1. The molecule has 1 amide bonds. The second-order valence-corrected chi connectivity index (χ2v) is 6.26. The van der Waals surface area contributed by atoms with Crippen LogP contribution in [-0.2, 0) is 4.74 Å². The Hall–Kier alpha value is -1.34. The van der Waals surface area contributed by atoms with Gasteiger partial charge in [0.25, 0.3) is 5.91 Å². The third-order valence-corrected chi connectivity index (χ3v) is 4.78. The maximum atomic E-state index is 12.6. The molecule has 0 spiro atoms. The summed E-state index contributed by atoms with van der Waals surface area (Å²) in [5, 5.41) is 0.804. The highest BCUT2D eigenvalue weighted by atomic mass is 32.1. The first kappa shape index (κ1) is 16.0. The molecular weight excluding hydrogens is 288 g/mol. The van der Waals surface area contributed by atoms with E-state index >= 15 is 0 Å². The van der Waals surface area contributed by atoms with E-state index in [1.165, 1.54) is 11.3 Å². The summed E-state index contributed by atoms with van der Waals surface area (Å²) < 4.78 is 5.60. The molecule has 1 aromatic rings. The molecule has 2 N–H and O–H groups in total. The van der Waals surface area contributed by atoms with E-state index in [1.54, 1.807) is 0 Å². The van der Waals surface area contributed by atoms with E-state index in [2.05, 4.69) is 18.8 Å². The highest BCUT2D eigenvalue weighted by Gasteiger charge is 2.27. The number of carbonyl (C=O) groups is 1. The van der Waals surface area contributed by atoms with Gasteiger partial charge in [-0.1, -0.05) is 25.2 Å². The molecule has 2 heterocycles. The molecule has 7 heteroatoms. The number of nitrogens with zero attached hydrogens (tertiary/aromatic N) is 3. The van der Waals surface area contributed by atoms with Crippen molar-refractivity contribution >= 4 is 28.2 Å². The van der Waals surface area contributed by atoms with Crippen molar-refractivity contribution in [2.75, 3.05) is 43.9 Å². The lowest BCUT2D eigenvalue weighted by Crippen LogP contribution is -2.45. The molecule has 21 heavy (non-hydrogen) atoms. The first-order valence-electron chi connectivity index (χ1n) is 7.45. The smallest absolute Gasteiger partial charge is 0.268 e. The van der Waals surface area contributed by atoms with Gasteiger partial charge in [0.1, 0.15) is 10.7 Å². The van der Waals surface area contributed by atoms with Crippen LogP contribution >= 0.6 is 11.3 Å². The van der Waals surface area contributed by atoms with E-state index in [1.807, 2.05) is 16.8 Å². The Morgan fingerprint density at radius 2 is 2.33 bits per heavy atom. The van der Waals surface area contributed by atoms with Gasteiger partial charge >= 0.3 is 0 Å². The van der Waals surface area contributed by atoms with Gasteiger partial charge in [-0.3, -0.25) is 4.79 Å². The van der Waals surface area contributed by atoms with Crippen LogP contribution in [0.15, 0.2) is 0 Å². The Balaban J connectivity index is 2.12. The number of hydrogen-bond acceptors (Lipinski definition) is 6. The van der Waals surface area contributed by atoms with Crippen LogP contribution in [0.25, 0.3) is 0 Å². The number of amides is 1. The van der Waals surface area contributed by atoms with Crippen molar-refractivity contribution in [3.8, 4) is 0 Å². The Morgan fingerprint density at radius 1 is 1.57 bits per heavy atom. The highest BCUT2D eigenvalue weighted by molar-refractivity contribution is 7.18. The minimum atomic E-state index is -0.0251. The fraction of sp³-hybridized carbons (Fsp3) is 0.714. The molecule has 0 radical (unpaired) electrons. The SMILES string of the molecule is CCCN(C)c1nc(N)c(C(=O)N2CCOC(CC)C2)s1. The van der Waals surface area contributed by atoms with Crippen LogP contribution in [-0.4, -0.2) is 55.2 Å². The molecule has 6 nitrogen and oxygen atoms in total. The molecule has 1 aliphatic rings. The predicted octanol–water partition coefficient (Wildman–Crippen LogP) is 1.82. The number of nitrogen functional groups attached to an aromatic ring is 1. The van der Waals surface area contributed by atoms with Crippen LogP contribution in [0.5, 0.6) is 0 Å². The number of nitrogens with two attached hydrogens (primary N) is 1. The van der Waals surface area contributed by atoms with Gasteiger partial charge in [0.2, 0.25) is 0 Å². The third kappa shape index (κ3) is 3.65. The molecular formula is C14H24N4O2S. The molecule has 0 bridgehead atoms. The van der Waals surface area contributed by atoms with Crippen molar-refractivity contribution in [2.45, 2.75) is 32.8 Å². The quantitative estimate of drug-likeness (QED) is 0.898. The monoisotopic (exact) mass is 312 g/mol. The summed E-state index contributed by atoms with van der Waals surface area (Å²) >= 11 is 1.38. The van der Waals surface area contributed by atoms with Gasteiger partial charge < -0.3 is 20.3 Å². The van der Waals surface area contributed by atoms with Crippen molar-refractivity contribution in [1.82, 2.24) is 9.88 Å². The summed E-state index contributed by atoms with van der Waals surface area (Å²) in [6, 6.07) is 0. The molecule has 1 saturated heterocycles. The summed E-state index contributed by atoms with van der Waals surface area (Å²) in [5.41, 5.74) is 5.94. The molecule has 1 atom stereocenters. The van der Waals surface area contributed by atoms with E-state index in [-0.39, 0.29) is 12.0 Å². The van der Waals surface area contributed by atoms with E-state index < -0.39 is 0 Å². The number of thiazole rings is 1. The van der Waals surface area contributed by atoms with Crippen molar-refractivity contribution in [3.63, 3.8) is 0 Å². The van der Waals surface area contributed by atoms with E-state index in [0.717, 1.165) is 24.5 Å². The molecule has 1 aliphatic heterocycles. The van der Waals surface area contributed by atoms with Crippen molar-refractivity contribution in [2.24, 2.45) is 0 Å². The lowest BCUT2D eigenvalue weighted by Gasteiger charge is -2.32. The Morgan fingerprint density at radius 3 is 3.00 bits per heavy atom. The average molecular weight is 312 g/mol. The van der Waals surface area contributed by atoms with Crippen LogP contribution < -0.4 is 10.6 Å². The van der Waals surface area contributed by atoms with Crippen LogP contribution in [0, 0.1) is 0 Å². The summed E-state index contributed by atoms with van der Waals surface area (Å²) in [6.07, 6.45) is 2.06. The zero-order valence-electron chi connectivity index (χ0n) is 13.0. The maximum Gasteiger partial charge on any atom is 0.268 e. The van der Waals surface area contributed by atoms with Crippen molar-refractivity contribution < 1.29 is 9.53 Å². The number of aromatic nitrogens is 1. The summed E-state index contributed by atoms with van der Waals surface area (Å²) in [5.74, 6) is 0.311. The Kier molecular flexibility index (Phi) is 5.41. The number of carbonyl (C=O) groups excluding carboxylic acids is 1. The molecule has 1 aromatic heterocycles. The lowest BCUT2D eigenvalue weighted by molar-refractivity contribution is -0.0224. The predicted molar refractivity (Wildman–Crippen MR) is 86.0 cm³/mol. The highest BCUT2D eigenvalue weighted by Crippen LogP contribution is 2.29. The second-order valence-electron chi connectivity index (χ2n) is 5.28. The van der Waals surface area contributed by atoms with Crippen LogP contribution in [0.4, 0.5) is 10.9 Å². The maximum absolute atomic E-state index is 12.6. The molecule has 1 unspecified atom stereocenters. The zero-order chi connectivity index (χ0) is 15.4. The number of ether oxygens (including phenoxy) is 1. The second kappa shape index (κ2) is 7.09. The Labute approximate surface area is 129 Å². The van der Waals surface area contributed by atoms with Gasteiger partial charge in [0, 0.05) is 26.7 Å². The lowest BCUT2D eigenvalue weighted by atomic mass is 10.2. The van der Waals surface area contributed by atoms with Gasteiger partial charge in [0.15, 0.2) is 5.13 Å². The van der Waals surface area contributed by atoms with Gasteiger partial charge in [-0.05, 0) is 12.8 Å². The van der Waals surface area contributed by atoms with E-state index in [9.17, 15) is 4.79 Å². The molecule has 118 valence electrons. The van der Waals surface area contributed by atoms with Crippen molar-refractivity contribution in [3.05, 3.63) is 4.88 Å². The number of hydrogen-bond donors (Lipinski definition) is 1. The molecule has 2 rings (SSSR count). The first-order valence-corrected chi connectivity index (χ1v) is 8.26. The average Bonchev–Trinajstić information content (AvgIpc) is 2.89. The van der Waals surface area contributed by atoms with Crippen molar-refractivity contribution in [1.29, 1.82) is 0 Å². The topological polar surface area (TPSA) is 71.7 Å². The summed E-state index contributed by atoms with van der Waals surface area (Å²) in [4.78, 5) is 21.4. The standard InChI is InChI=1S/C14H24N4O2S/c1-4-6-17(3)14-16-12(15)11(21-14)13(19)18-7-8-20-10(5-2)9-18/h10H,4-9,15H2,1-3H3. The number of morpholine rings is 1. The van der Waals surface area contributed by atoms with Gasteiger partial charge in [-0.25, -0.2) is 4.98 Å². The molecule has 0 saturated carbocycles. The molecule has 0 aromatic carbocycles. The molecule has 1 fully saturated rings. The van der Waals surface area contributed by atoms with Gasteiger partial charge in [-0.2, -0.15) is 0 Å². The number of anilines is 2. The minimum absolute atomic E-state index is 0.0251. The fourth-order valence-corrected chi connectivity index (χ4v) is 3.30. The normalized spacial score (nSPS) is 18.8. The number of rotatable bonds is 5. The van der Waals surface area contributed by atoms with Gasteiger partial charge in [-0.15, -0.1) is 0 Å². The van der Waals surface area contributed by atoms with Crippen LogP contribution in [0.2, 0.25) is 0 Å². The largest absolute Gasteiger partial charge is 0.382 e. The zero-order valence-corrected chi connectivity index (χ0v) is 13.8. The van der Waals surface area contributed by atoms with Crippen LogP contribution in [0.1, 0.15) is 36.4 Å². The summed E-state index contributed by atoms with van der Waals surface area (Å²) in [6.45, 7) is 6.91.